The monoisotopic (exact) mass is 268 g/mol. The Hall–Kier alpha value is -1.15. The minimum atomic E-state index is -0.644. The van der Waals surface area contributed by atoms with Gasteiger partial charge in [0, 0.05) is 6.42 Å². The number of rotatable bonds is 4. The molecule has 1 N–H and O–H groups in total. The van der Waals surface area contributed by atoms with E-state index in [0.29, 0.717) is 17.8 Å². The molecule has 4 nitrogen and oxygen atoms in total. The molecule has 108 valence electrons. The van der Waals surface area contributed by atoms with Crippen molar-refractivity contribution in [2.75, 3.05) is 0 Å². The fraction of sp³-hybridized carbons (Fsp3) is 0.867. The van der Waals surface area contributed by atoms with Crippen LogP contribution in [0.15, 0.2) is 0 Å². The van der Waals surface area contributed by atoms with Gasteiger partial charge >= 0.3 is 12.1 Å². The maximum atomic E-state index is 10.7. The summed E-state index contributed by atoms with van der Waals surface area (Å²) in [6.07, 6.45) is 5.81. The maximum absolute atomic E-state index is 10.7. The number of fused-ring (bicyclic) bond motifs is 2. The standard InChI is InChI=1S/C14H24O2.CO2/c1-9(7-13(15)16)6-10-4-5-11-8-12(10)14(11,2)3;2-1-3/h9-12H,4-8H2,1-3H3,(H,15,16);/t9?,10-,11-,12?;/m1./s1. The molecular formula is C15H24O4. The Bertz CT molecular complexity index is 353. The Morgan fingerprint density at radius 2 is 1.95 bits per heavy atom. The number of aliphatic carboxylic acids is 1. The number of carboxylic acid groups (broad SMARTS) is 1. The molecule has 0 saturated heterocycles. The summed E-state index contributed by atoms with van der Waals surface area (Å²) in [4.78, 5) is 26.9. The lowest BCUT2D eigenvalue weighted by atomic mass is 9.45. The van der Waals surface area contributed by atoms with Crippen molar-refractivity contribution in [2.45, 2.75) is 52.9 Å². The number of hydrogen-bond acceptors (Lipinski definition) is 3. The molecule has 19 heavy (non-hydrogen) atoms. The van der Waals surface area contributed by atoms with Gasteiger partial charge in [-0.25, -0.2) is 0 Å². The van der Waals surface area contributed by atoms with Crippen LogP contribution in [0.3, 0.4) is 0 Å². The Morgan fingerprint density at radius 3 is 2.37 bits per heavy atom. The van der Waals surface area contributed by atoms with Crippen LogP contribution in [0.5, 0.6) is 0 Å². The van der Waals surface area contributed by atoms with Gasteiger partial charge in [-0.05, 0) is 54.8 Å². The molecule has 0 spiro atoms. The Balaban J connectivity index is 0.000000550. The largest absolute Gasteiger partial charge is 0.481 e. The van der Waals surface area contributed by atoms with E-state index in [0.717, 1.165) is 24.2 Å². The minimum absolute atomic E-state index is 0.250. The van der Waals surface area contributed by atoms with Crippen LogP contribution in [0.1, 0.15) is 52.9 Å². The van der Waals surface area contributed by atoms with Crippen molar-refractivity contribution < 1.29 is 19.5 Å². The Labute approximate surface area is 114 Å². The van der Waals surface area contributed by atoms with Crippen molar-refractivity contribution in [3.05, 3.63) is 0 Å². The van der Waals surface area contributed by atoms with Gasteiger partial charge in [0.25, 0.3) is 0 Å². The fourth-order valence-corrected chi connectivity index (χ4v) is 4.14. The van der Waals surface area contributed by atoms with Crippen LogP contribution in [0.4, 0.5) is 0 Å². The lowest BCUT2D eigenvalue weighted by Gasteiger charge is -2.60. The third kappa shape index (κ3) is 3.66. The Morgan fingerprint density at radius 1 is 1.37 bits per heavy atom. The molecule has 3 rings (SSSR count). The van der Waals surface area contributed by atoms with Gasteiger partial charge in [0.05, 0.1) is 0 Å². The summed E-state index contributed by atoms with van der Waals surface area (Å²) in [5.74, 6) is 2.30. The first-order valence-corrected chi connectivity index (χ1v) is 7.04. The number of carbonyl (C=O) groups excluding carboxylic acids is 2. The second kappa shape index (κ2) is 6.33. The first-order chi connectivity index (χ1) is 8.82. The minimum Gasteiger partial charge on any atom is -0.481 e. The van der Waals surface area contributed by atoms with Gasteiger partial charge in [0.1, 0.15) is 0 Å². The molecule has 0 aromatic rings. The highest BCUT2D eigenvalue weighted by atomic mass is 16.4. The second-order valence-corrected chi connectivity index (χ2v) is 6.72. The fourth-order valence-electron chi connectivity index (χ4n) is 4.14. The van der Waals surface area contributed by atoms with Gasteiger partial charge in [-0.15, -0.1) is 0 Å². The lowest BCUT2D eigenvalue weighted by molar-refractivity contribution is -0.191. The predicted octanol–water partition coefficient (Wildman–Crippen LogP) is 2.98. The highest BCUT2D eigenvalue weighted by Crippen LogP contribution is 2.62. The van der Waals surface area contributed by atoms with E-state index in [1.807, 2.05) is 0 Å². The van der Waals surface area contributed by atoms with Crippen LogP contribution < -0.4 is 0 Å². The first kappa shape index (κ1) is 15.9. The summed E-state index contributed by atoms with van der Waals surface area (Å²) >= 11 is 0. The van der Waals surface area contributed by atoms with E-state index in [1.165, 1.54) is 19.3 Å². The van der Waals surface area contributed by atoms with Crippen molar-refractivity contribution in [3.63, 3.8) is 0 Å². The van der Waals surface area contributed by atoms with Crippen LogP contribution in [0.25, 0.3) is 0 Å². The van der Waals surface area contributed by atoms with Crippen LogP contribution in [-0.4, -0.2) is 17.2 Å². The molecular weight excluding hydrogens is 244 g/mol. The number of carbonyl (C=O) groups is 1. The van der Waals surface area contributed by atoms with Gasteiger partial charge < -0.3 is 5.11 Å². The van der Waals surface area contributed by atoms with Crippen molar-refractivity contribution in [1.29, 1.82) is 0 Å². The van der Waals surface area contributed by atoms with Crippen LogP contribution in [0, 0.1) is 29.1 Å². The molecule has 3 fully saturated rings. The normalized spacial score (nSPS) is 32.1. The topological polar surface area (TPSA) is 71.4 Å². The van der Waals surface area contributed by atoms with Crippen LogP contribution >= 0.6 is 0 Å². The summed E-state index contributed by atoms with van der Waals surface area (Å²) in [6, 6.07) is 0. The van der Waals surface area contributed by atoms with E-state index in [4.69, 9.17) is 14.7 Å². The van der Waals surface area contributed by atoms with Crippen LogP contribution in [-0.2, 0) is 14.4 Å². The average Bonchev–Trinajstić information content (AvgIpc) is 2.28. The highest BCUT2D eigenvalue weighted by molar-refractivity contribution is 5.66. The quantitative estimate of drug-likeness (QED) is 0.850. The molecule has 0 radical (unpaired) electrons. The van der Waals surface area contributed by atoms with Gasteiger partial charge in [-0.3, -0.25) is 4.79 Å². The van der Waals surface area contributed by atoms with Crippen LogP contribution in [0.2, 0.25) is 0 Å². The van der Waals surface area contributed by atoms with E-state index in [-0.39, 0.29) is 6.15 Å². The summed E-state index contributed by atoms with van der Waals surface area (Å²) in [5, 5.41) is 8.79. The third-order valence-electron chi connectivity index (χ3n) is 5.23. The average molecular weight is 268 g/mol. The first-order valence-electron chi connectivity index (χ1n) is 7.04. The van der Waals surface area contributed by atoms with E-state index >= 15 is 0 Å². The van der Waals surface area contributed by atoms with Gasteiger partial charge in [-0.1, -0.05) is 20.8 Å². The van der Waals surface area contributed by atoms with Gasteiger partial charge in [0.15, 0.2) is 0 Å². The molecule has 4 heteroatoms. The molecule has 0 amide bonds. The van der Waals surface area contributed by atoms with Gasteiger partial charge in [0.2, 0.25) is 0 Å². The zero-order chi connectivity index (χ0) is 14.6. The summed E-state index contributed by atoms with van der Waals surface area (Å²) in [6.45, 7) is 6.89. The molecule has 0 aromatic heterocycles. The third-order valence-corrected chi connectivity index (χ3v) is 5.23. The SMILES string of the molecule is CC(CC(=O)O)C[C@H]1CC[C@@H]2CC1C2(C)C.O=C=O. The van der Waals surface area contributed by atoms with Crippen molar-refractivity contribution >= 4 is 12.1 Å². The molecule has 0 aromatic carbocycles. The smallest absolute Gasteiger partial charge is 0.373 e. The maximum Gasteiger partial charge on any atom is 0.373 e. The zero-order valence-electron chi connectivity index (χ0n) is 12.0. The van der Waals surface area contributed by atoms with E-state index in [2.05, 4.69) is 20.8 Å². The highest BCUT2D eigenvalue weighted by Gasteiger charge is 2.53. The number of hydrogen-bond donors (Lipinski definition) is 1. The molecule has 0 aliphatic heterocycles. The lowest BCUT2D eigenvalue weighted by Crippen LogP contribution is -2.52. The molecule has 4 atom stereocenters. The van der Waals surface area contributed by atoms with E-state index in [1.54, 1.807) is 0 Å². The van der Waals surface area contributed by atoms with Crippen molar-refractivity contribution in [1.82, 2.24) is 0 Å². The van der Waals surface area contributed by atoms with E-state index < -0.39 is 5.97 Å². The summed E-state index contributed by atoms with van der Waals surface area (Å²) < 4.78 is 0. The van der Waals surface area contributed by atoms with Gasteiger partial charge in [-0.2, -0.15) is 9.59 Å². The molecule has 3 saturated carbocycles. The molecule has 2 bridgehead atoms. The second-order valence-electron chi connectivity index (χ2n) is 6.72. The Kier molecular flexibility index (Phi) is 5.30. The van der Waals surface area contributed by atoms with E-state index in [9.17, 15) is 4.79 Å². The molecule has 0 heterocycles. The number of carboxylic acids is 1. The summed E-state index contributed by atoms with van der Waals surface area (Å²) in [5.41, 5.74) is 0.534. The zero-order valence-corrected chi connectivity index (χ0v) is 12.0. The predicted molar refractivity (Wildman–Crippen MR) is 69.1 cm³/mol. The van der Waals surface area contributed by atoms with Crippen molar-refractivity contribution in [2.24, 2.45) is 29.1 Å². The molecule has 3 aliphatic carbocycles. The molecule has 3 aliphatic rings. The molecule has 2 unspecified atom stereocenters. The van der Waals surface area contributed by atoms with Crippen molar-refractivity contribution in [3.8, 4) is 0 Å². The summed E-state index contributed by atoms with van der Waals surface area (Å²) in [7, 11) is 0.